The molecule has 3 N–H and O–H groups in total. The Hall–Kier alpha value is -2.88. The van der Waals surface area contributed by atoms with Crippen LogP contribution in [0.25, 0.3) is 0 Å². The van der Waals surface area contributed by atoms with Crippen LogP contribution >= 0.6 is 15.9 Å². The Morgan fingerprint density at radius 2 is 1.96 bits per heavy atom. The van der Waals surface area contributed by atoms with E-state index in [0.29, 0.717) is 24.7 Å². The van der Waals surface area contributed by atoms with Crippen LogP contribution < -0.4 is 20.6 Å². The van der Waals surface area contributed by atoms with Gasteiger partial charge in [-0.2, -0.15) is 0 Å². The number of nitrogens with two attached hydrogens (primary N) is 1. The van der Waals surface area contributed by atoms with E-state index in [1.54, 1.807) is 12.1 Å². The molecule has 0 atom stereocenters. The van der Waals surface area contributed by atoms with Crippen molar-refractivity contribution in [2.24, 2.45) is 0 Å². The maximum Gasteiger partial charge on any atom is 0.260 e. The van der Waals surface area contributed by atoms with Gasteiger partial charge in [0.2, 0.25) is 0 Å². The number of hydrogen-bond donors (Lipinski definition) is 2. The summed E-state index contributed by atoms with van der Waals surface area (Å²) in [5, 5.41) is 10.8. The number of nitrogen functional groups attached to an aromatic ring is 1. The second-order valence-corrected chi connectivity index (χ2v) is 6.39. The highest BCUT2D eigenvalue weighted by Crippen LogP contribution is 2.37. The summed E-state index contributed by atoms with van der Waals surface area (Å²) >= 11 is 3.52. The van der Waals surface area contributed by atoms with Gasteiger partial charge in [-0.3, -0.25) is 0 Å². The van der Waals surface area contributed by atoms with Crippen molar-refractivity contribution in [3.63, 3.8) is 0 Å². The first-order chi connectivity index (χ1) is 13.1. The summed E-state index contributed by atoms with van der Waals surface area (Å²) in [7, 11) is 0. The van der Waals surface area contributed by atoms with Crippen LogP contribution in [0.5, 0.6) is 11.5 Å². The number of nitrogens with zero attached hydrogens (tertiary/aromatic N) is 4. The third-order valence-corrected chi connectivity index (χ3v) is 4.18. The Labute approximate surface area is 163 Å². The molecule has 3 rings (SSSR count). The van der Waals surface area contributed by atoms with Gasteiger partial charge in [-0.05, 0) is 68.7 Å². The fraction of sp³-hybridized carbons (Fsp3) is 0.235. The Morgan fingerprint density at radius 1 is 1.19 bits per heavy atom. The third kappa shape index (κ3) is 4.85. The quantitative estimate of drug-likeness (QED) is 0.559. The summed E-state index contributed by atoms with van der Waals surface area (Å²) in [6.07, 6.45) is 0. The molecule has 0 saturated heterocycles. The summed E-state index contributed by atoms with van der Waals surface area (Å²) in [5.74, 6) is 1.05. The lowest BCUT2D eigenvalue weighted by Crippen LogP contribution is -2.18. The van der Waals surface area contributed by atoms with E-state index in [2.05, 4.69) is 36.9 Å². The number of benzene rings is 2. The standard InChI is InChI=1S/C17H18BrFN6O2/c1-2-26-15-8-12(9-21-25-17(20)22-23-24-25)7-14(18)16(15)27-10-11-3-5-13(19)6-4-11/h3-8,21H,2,9-10H2,1H3,(H2,20,22,24). The smallest absolute Gasteiger partial charge is 0.260 e. The molecule has 142 valence electrons. The normalized spacial score (nSPS) is 10.6. The average Bonchev–Trinajstić information content (AvgIpc) is 3.06. The maximum absolute atomic E-state index is 13.0. The van der Waals surface area contributed by atoms with Crippen molar-refractivity contribution < 1.29 is 13.9 Å². The minimum absolute atomic E-state index is 0.165. The molecular weight excluding hydrogens is 419 g/mol. The minimum atomic E-state index is -0.282. The van der Waals surface area contributed by atoms with Crippen LogP contribution in [0.15, 0.2) is 40.9 Å². The van der Waals surface area contributed by atoms with Gasteiger partial charge in [0.25, 0.3) is 5.95 Å². The molecular formula is C17H18BrFN6O2. The van der Waals surface area contributed by atoms with E-state index in [9.17, 15) is 4.39 Å². The topological polar surface area (TPSA) is 100 Å². The van der Waals surface area contributed by atoms with Crippen LogP contribution in [0.2, 0.25) is 0 Å². The zero-order valence-corrected chi connectivity index (χ0v) is 16.1. The molecule has 0 aliphatic carbocycles. The minimum Gasteiger partial charge on any atom is -0.490 e. The molecule has 3 aromatic rings. The van der Waals surface area contributed by atoms with Gasteiger partial charge in [0.05, 0.1) is 17.6 Å². The fourth-order valence-electron chi connectivity index (χ4n) is 2.34. The predicted molar refractivity (Wildman–Crippen MR) is 101 cm³/mol. The van der Waals surface area contributed by atoms with Crippen LogP contribution in [0.1, 0.15) is 18.1 Å². The lowest BCUT2D eigenvalue weighted by atomic mass is 10.2. The lowest BCUT2D eigenvalue weighted by Gasteiger charge is -2.16. The van der Waals surface area contributed by atoms with Crippen molar-refractivity contribution in [1.82, 2.24) is 20.3 Å². The molecule has 0 radical (unpaired) electrons. The van der Waals surface area contributed by atoms with E-state index in [0.717, 1.165) is 15.6 Å². The molecule has 0 aliphatic heterocycles. The monoisotopic (exact) mass is 436 g/mol. The van der Waals surface area contributed by atoms with E-state index >= 15 is 0 Å². The van der Waals surface area contributed by atoms with Crippen molar-refractivity contribution in [3.05, 3.63) is 57.8 Å². The van der Waals surface area contributed by atoms with Crippen LogP contribution in [-0.4, -0.2) is 26.9 Å². The molecule has 27 heavy (non-hydrogen) atoms. The summed E-state index contributed by atoms with van der Waals surface area (Å²) in [6.45, 7) is 3.09. The van der Waals surface area contributed by atoms with E-state index in [1.165, 1.54) is 16.9 Å². The van der Waals surface area contributed by atoms with Crippen LogP contribution in [0.3, 0.4) is 0 Å². The highest BCUT2D eigenvalue weighted by Gasteiger charge is 2.13. The number of aromatic nitrogens is 4. The maximum atomic E-state index is 13.0. The first-order valence-corrected chi connectivity index (χ1v) is 8.96. The van der Waals surface area contributed by atoms with E-state index in [4.69, 9.17) is 15.2 Å². The summed E-state index contributed by atoms with van der Waals surface area (Å²) in [6, 6.07) is 9.92. The van der Waals surface area contributed by atoms with Gasteiger partial charge in [0.15, 0.2) is 11.5 Å². The Bertz CT molecular complexity index is 903. The number of hydrogen-bond acceptors (Lipinski definition) is 7. The van der Waals surface area contributed by atoms with Crippen molar-refractivity contribution in [2.75, 3.05) is 17.8 Å². The van der Waals surface area contributed by atoms with Gasteiger partial charge in [0.1, 0.15) is 12.4 Å². The van der Waals surface area contributed by atoms with E-state index in [1.807, 2.05) is 19.1 Å². The molecule has 0 bridgehead atoms. The Morgan fingerprint density at radius 3 is 2.63 bits per heavy atom. The van der Waals surface area contributed by atoms with Crippen LogP contribution in [0.4, 0.5) is 10.3 Å². The number of rotatable bonds is 8. The second kappa shape index (κ2) is 8.67. The molecule has 1 aromatic heterocycles. The van der Waals surface area contributed by atoms with Gasteiger partial charge in [-0.15, -0.1) is 4.79 Å². The molecule has 1 heterocycles. The molecule has 10 heteroatoms. The number of ether oxygens (including phenoxy) is 2. The highest BCUT2D eigenvalue weighted by atomic mass is 79.9. The van der Waals surface area contributed by atoms with Crippen LogP contribution in [0, 0.1) is 5.82 Å². The van der Waals surface area contributed by atoms with Gasteiger partial charge in [-0.1, -0.05) is 17.2 Å². The van der Waals surface area contributed by atoms with Crippen molar-refractivity contribution in [3.8, 4) is 11.5 Å². The molecule has 2 aromatic carbocycles. The van der Waals surface area contributed by atoms with E-state index < -0.39 is 0 Å². The number of nitrogens with one attached hydrogen (secondary N) is 1. The predicted octanol–water partition coefficient (Wildman–Crippen LogP) is 2.88. The number of tetrazole rings is 1. The number of halogens is 2. The summed E-state index contributed by atoms with van der Waals surface area (Å²) < 4.78 is 25.4. The Kier molecular flexibility index (Phi) is 6.07. The van der Waals surface area contributed by atoms with Gasteiger partial charge in [0, 0.05) is 0 Å². The molecule has 0 amide bonds. The SMILES string of the molecule is CCOc1cc(CNn2nnnc2N)cc(Br)c1OCc1ccc(F)cc1. The molecule has 0 aliphatic rings. The van der Waals surface area contributed by atoms with Crippen molar-refractivity contribution in [1.29, 1.82) is 0 Å². The average molecular weight is 437 g/mol. The van der Waals surface area contributed by atoms with Crippen molar-refractivity contribution >= 4 is 21.9 Å². The molecule has 0 spiro atoms. The van der Waals surface area contributed by atoms with Gasteiger partial charge in [-0.25, -0.2) is 4.39 Å². The highest BCUT2D eigenvalue weighted by molar-refractivity contribution is 9.10. The summed E-state index contributed by atoms with van der Waals surface area (Å²) in [4.78, 5) is 1.28. The van der Waals surface area contributed by atoms with Gasteiger partial charge >= 0.3 is 0 Å². The van der Waals surface area contributed by atoms with Crippen LogP contribution in [-0.2, 0) is 13.2 Å². The summed E-state index contributed by atoms with van der Waals surface area (Å²) in [5.41, 5.74) is 10.4. The fourth-order valence-corrected chi connectivity index (χ4v) is 2.94. The lowest BCUT2D eigenvalue weighted by molar-refractivity contribution is 0.267. The third-order valence-electron chi connectivity index (χ3n) is 3.59. The molecule has 0 unspecified atom stereocenters. The molecule has 8 nitrogen and oxygen atoms in total. The van der Waals surface area contributed by atoms with Gasteiger partial charge < -0.3 is 20.6 Å². The Balaban J connectivity index is 1.74. The van der Waals surface area contributed by atoms with Crippen molar-refractivity contribution in [2.45, 2.75) is 20.1 Å². The van der Waals surface area contributed by atoms with E-state index in [-0.39, 0.29) is 18.4 Å². The first-order valence-electron chi connectivity index (χ1n) is 8.17. The largest absolute Gasteiger partial charge is 0.490 e. The molecule has 0 fully saturated rings. The zero-order chi connectivity index (χ0) is 19.2. The second-order valence-electron chi connectivity index (χ2n) is 5.54. The molecule has 0 saturated carbocycles. The number of anilines is 1. The zero-order valence-electron chi connectivity index (χ0n) is 14.5. The first kappa shape index (κ1) is 18.9.